The summed E-state index contributed by atoms with van der Waals surface area (Å²) < 4.78 is 0. The molecule has 2 rings (SSSR count). The van der Waals surface area contributed by atoms with E-state index in [0.717, 1.165) is 12.1 Å². The van der Waals surface area contributed by atoms with Crippen LogP contribution in [0, 0.1) is 5.41 Å². The van der Waals surface area contributed by atoms with E-state index in [9.17, 15) is 14.4 Å². The molecule has 0 heterocycles. The van der Waals surface area contributed by atoms with Gasteiger partial charge in [0, 0.05) is 34.1 Å². The second kappa shape index (κ2) is 10.6. The molecule has 31 heavy (non-hydrogen) atoms. The Bertz CT molecular complexity index is 917. The molecule has 166 valence electrons. The fraction of sp³-hybridized carbons (Fsp3) is 0.375. The Kier molecular flexibility index (Phi) is 8.19. The molecule has 1 atom stereocenters. The summed E-state index contributed by atoms with van der Waals surface area (Å²) in [5.74, 6) is -0.433. The standard InChI is InChI=1S/C24H32N4O3/c1-6-16(2)26-22(30)17-10-12-18(13-11-17)27-21(29)15-25-19-8-7-9-20(14-19)28-23(31)24(3,4)5/h7-14,16,25H,6,15H2,1-5H3,(H,26,30)(H,27,29)(H,28,31). The minimum atomic E-state index is -0.492. The van der Waals surface area contributed by atoms with Gasteiger partial charge in [0.2, 0.25) is 11.8 Å². The van der Waals surface area contributed by atoms with E-state index >= 15 is 0 Å². The Morgan fingerprint density at radius 1 is 0.903 bits per heavy atom. The maximum absolute atomic E-state index is 12.3. The van der Waals surface area contributed by atoms with Gasteiger partial charge in [-0.25, -0.2) is 0 Å². The molecule has 4 N–H and O–H groups in total. The predicted octanol–water partition coefficient (Wildman–Crippen LogP) is 4.25. The van der Waals surface area contributed by atoms with Crippen molar-refractivity contribution in [2.75, 3.05) is 22.5 Å². The molecule has 2 aromatic rings. The van der Waals surface area contributed by atoms with Gasteiger partial charge in [-0.1, -0.05) is 33.8 Å². The zero-order valence-electron chi connectivity index (χ0n) is 18.8. The Hall–Kier alpha value is -3.35. The third-order valence-corrected chi connectivity index (χ3v) is 4.68. The van der Waals surface area contributed by atoms with Gasteiger partial charge < -0.3 is 21.3 Å². The summed E-state index contributed by atoms with van der Waals surface area (Å²) in [5.41, 5.74) is 2.05. The predicted molar refractivity (Wildman–Crippen MR) is 125 cm³/mol. The summed E-state index contributed by atoms with van der Waals surface area (Å²) in [5, 5.41) is 11.6. The Labute approximate surface area is 184 Å². The summed E-state index contributed by atoms with van der Waals surface area (Å²) in [6, 6.07) is 14.1. The maximum atomic E-state index is 12.3. The fourth-order valence-corrected chi connectivity index (χ4v) is 2.53. The second-order valence-electron chi connectivity index (χ2n) is 8.55. The molecule has 0 aliphatic carbocycles. The van der Waals surface area contributed by atoms with E-state index < -0.39 is 5.41 Å². The minimum Gasteiger partial charge on any atom is -0.376 e. The van der Waals surface area contributed by atoms with Crippen LogP contribution in [0.25, 0.3) is 0 Å². The van der Waals surface area contributed by atoms with E-state index in [1.807, 2.05) is 46.8 Å². The van der Waals surface area contributed by atoms with Crippen molar-refractivity contribution in [3.8, 4) is 0 Å². The van der Waals surface area contributed by atoms with Crippen LogP contribution >= 0.6 is 0 Å². The summed E-state index contributed by atoms with van der Waals surface area (Å²) in [4.78, 5) is 36.5. The first-order chi connectivity index (χ1) is 14.6. The third kappa shape index (κ3) is 7.77. The van der Waals surface area contributed by atoms with Crippen LogP contribution in [-0.2, 0) is 9.59 Å². The first-order valence-corrected chi connectivity index (χ1v) is 10.4. The lowest BCUT2D eigenvalue weighted by atomic mass is 9.95. The molecule has 0 saturated heterocycles. The topological polar surface area (TPSA) is 99.3 Å². The highest BCUT2D eigenvalue weighted by Crippen LogP contribution is 2.20. The molecule has 0 radical (unpaired) electrons. The Morgan fingerprint density at radius 3 is 2.16 bits per heavy atom. The van der Waals surface area contributed by atoms with Crippen LogP contribution in [0.3, 0.4) is 0 Å². The van der Waals surface area contributed by atoms with Crippen molar-refractivity contribution in [1.29, 1.82) is 0 Å². The van der Waals surface area contributed by atoms with Crippen LogP contribution in [0.15, 0.2) is 48.5 Å². The molecule has 1 unspecified atom stereocenters. The Morgan fingerprint density at radius 2 is 1.55 bits per heavy atom. The van der Waals surface area contributed by atoms with Gasteiger partial charge in [0.15, 0.2) is 0 Å². The number of anilines is 3. The van der Waals surface area contributed by atoms with Crippen LogP contribution in [0.5, 0.6) is 0 Å². The quantitative estimate of drug-likeness (QED) is 0.509. The van der Waals surface area contributed by atoms with Gasteiger partial charge in [0.1, 0.15) is 0 Å². The van der Waals surface area contributed by atoms with E-state index in [1.165, 1.54) is 0 Å². The molecule has 2 aromatic carbocycles. The molecule has 3 amide bonds. The molecule has 7 nitrogen and oxygen atoms in total. The highest BCUT2D eigenvalue weighted by atomic mass is 16.2. The minimum absolute atomic E-state index is 0.0624. The van der Waals surface area contributed by atoms with E-state index in [4.69, 9.17) is 0 Å². The highest BCUT2D eigenvalue weighted by Gasteiger charge is 2.21. The van der Waals surface area contributed by atoms with E-state index in [0.29, 0.717) is 16.9 Å². The van der Waals surface area contributed by atoms with Crippen LogP contribution in [0.1, 0.15) is 51.4 Å². The second-order valence-corrected chi connectivity index (χ2v) is 8.55. The van der Waals surface area contributed by atoms with E-state index in [-0.39, 0.29) is 30.3 Å². The molecule has 0 bridgehead atoms. The van der Waals surface area contributed by atoms with Gasteiger partial charge >= 0.3 is 0 Å². The smallest absolute Gasteiger partial charge is 0.251 e. The third-order valence-electron chi connectivity index (χ3n) is 4.68. The van der Waals surface area contributed by atoms with Crippen molar-refractivity contribution in [2.24, 2.45) is 5.41 Å². The van der Waals surface area contributed by atoms with E-state index in [2.05, 4.69) is 21.3 Å². The molecule has 0 spiro atoms. The summed E-state index contributed by atoms with van der Waals surface area (Å²) in [7, 11) is 0. The first kappa shape index (κ1) is 23.9. The first-order valence-electron chi connectivity index (χ1n) is 10.4. The Balaban J connectivity index is 1.87. The average Bonchev–Trinajstić information content (AvgIpc) is 2.72. The van der Waals surface area contributed by atoms with Crippen LogP contribution in [0.2, 0.25) is 0 Å². The number of amides is 3. The molecule has 0 aliphatic rings. The van der Waals surface area contributed by atoms with Gasteiger partial charge in [0.05, 0.1) is 6.54 Å². The molecule has 7 heteroatoms. The van der Waals surface area contributed by atoms with Crippen LogP contribution < -0.4 is 21.3 Å². The van der Waals surface area contributed by atoms with Gasteiger partial charge in [-0.3, -0.25) is 14.4 Å². The molecular formula is C24H32N4O3. The molecular weight excluding hydrogens is 392 g/mol. The van der Waals surface area contributed by atoms with Crippen molar-refractivity contribution < 1.29 is 14.4 Å². The normalized spacial score (nSPS) is 11.9. The summed E-state index contributed by atoms with van der Waals surface area (Å²) in [6.07, 6.45) is 0.860. The lowest BCUT2D eigenvalue weighted by molar-refractivity contribution is -0.123. The summed E-state index contributed by atoms with van der Waals surface area (Å²) >= 11 is 0. The summed E-state index contributed by atoms with van der Waals surface area (Å²) in [6.45, 7) is 9.56. The lowest BCUT2D eigenvalue weighted by Gasteiger charge is -2.18. The number of nitrogens with one attached hydrogen (secondary N) is 4. The van der Waals surface area contributed by atoms with E-state index in [1.54, 1.807) is 36.4 Å². The van der Waals surface area contributed by atoms with Crippen molar-refractivity contribution in [2.45, 2.75) is 47.1 Å². The highest BCUT2D eigenvalue weighted by molar-refractivity contribution is 5.97. The van der Waals surface area contributed by atoms with Crippen LogP contribution in [-0.4, -0.2) is 30.3 Å². The zero-order chi connectivity index (χ0) is 23.0. The van der Waals surface area contributed by atoms with Gasteiger partial charge in [-0.05, 0) is 55.8 Å². The van der Waals surface area contributed by atoms with Crippen LogP contribution in [0.4, 0.5) is 17.1 Å². The monoisotopic (exact) mass is 424 g/mol. The average molecular weight is 425 g/mol. The van der Waals surface area contributed by atoms with Gasteiger partial charge in [0.25, 0.3) is 5.91 Å². The van der Waals surface area contributed by atoms with Crippen molar-refractivity contribution in [3.63, 3.8) is 0 Å². The maximum Gasteiger partial charge on any atom is 0.251 e. The fourth-order valence-electron chi connectivity index (χ4n) is 2.53. The van der Waals surface area contributed by atoms with Crippen molar-refractivity contribution >= 4 is 34.8 Å². The molecule has 0 aliphatic heterocycles. The van der Waals surface area contributed by atoms with Crippen molar-refractivity contribution in [3.05, 3.63) is 54.1 Å². The number of hydrogen-bond donors (Lipinski definition) is 4. The SMILES string of the molecule is CCC(C)NC(=O)c1ccc(NC(=O)CNc2cccc(NC(=O)C(C)(C)C)c2)cc1. The largest absolute Gasteiger partial charge is 0.376 e. The molecule has 0 aromatic heterocycles. The number of benzene rings is 2. The lowest BCUT2D eigenvalue weighted by Crippen LogP contribution is -2.31. The molecule has 0 saturated carbocycles. The molecule has 0 fully saturated rings. The zero-order valence-corrected chi connectivity index (χ0v) is 18.8. The van der Waals surface area contributed by atoms with Gasteiger partial charge in [-0.2, -0.15) is 0 Å². The number of rotatable bonds is 8. The number of carbonyl (C=O) groups is 3. The number of hydrogen-bond acceptors (Lipinski definition) is 4. The van der Waals surface area contributed by atoms with Crippen molar-refractivity contribution in [1.82, 2.24) is 5.32 Å². The number of carbonyl (C=O) groups excluding carboxylic acids is 3. The van der Waals surface area contributed by atoms with Gasteiger partial charge in [-0.15, -0.1) is 0 Å².